The Morgan fingerprint density at radius 2 is 2.35 bits per heavy atom. The molecule has 3 nitrogen and oxygen atoms in total. The lowest BCUT2D eigenvalue weighted by atomic mass is 10.1. The normalized spacial score (nSPS) is 18.3. The van der Waals surface area contributed by atoms with Crippen molar-refractivity contribution in [1.82, 2.24) is 14.8 Å². The summed E-state index contributed by atoms with van der Waals surface area (Å²) in [5, 5.41) is 9.65. The average molecular weight is 263 g/mol. The minimum absolute atomic E-state index is 0.661. The van der Waals surface area contributed by atoms with Crippen molar-refractivity contribution in [3.8, 4) is 0 Å². The largest absolute Gasteiger partial charge is 0.312 e. The quantitative estimate of drug-likeness (QED) is 0.797. The molecule has 0 saturated carbocycles. The van der Waals surface area contributed by atoms with Gasteiger partial charge < -0.3 is 4.57 Å². The van der Waals surface area contributed by atoms with E-state index in [0.717, 1.165) is 10.9 Å². The van der Waals surface area contributed by atoms with Gasteiger partial charge in [0.1, 0.15) is 6.33 Å². The number of fused-ring (bicyclic) bond motifs is 1. The minimum Gasteiger partial charge on any atom is -0.312 e. The van der Waals surface area contributed by atoms with E-state index in [9.17, 15) is 0 Å². The van der Waals surface area contributed by atoms with Crippen molar-refractivity contribution < 1.29 is 0 Å². The molecule has 0 N–H and O–H groups in total. The molecule has 0 saturated heterocycles. The fourth-order valence-corrected chi connectivity index (χ4v) is 4.28. The van der Waals surface area contributed by atoms with E-state index in [0.29, 0.717) is 5.25 Å². The molecule has 0 amide bonds. The summed E-state index contributed by atoms with van der Waals surface area (Å²) in [6.45, 7) is 0. The Balaban J connectivity index is 1.61. The first-order valence-corrected chi connectivity index (χ1v) is 7.41. The molecule has 5 heteroatoms. The van der Waals surface area contributed by atoms with Crippen LogP contribution in [0.25, 0.3) is 0 Å². The van der Waals surface area contributed by atoms with Crippen LogP contribution in [-0.2, 0) is 13.5 Å². The highest BCUT2D eigenvalue weighted by molar-refractivity contribution is 8.03. The van der Waals surface area contributed by atoms with Gasteiger partial charge in [0.15, 0.2) is 5.16 Å². The summed E-state index contributed by atoms with van der Waals surface area (Å²) in [7, 11) is 1.98. The summed E-state index contributed by atoms with van der Waals surface area (Å²) >= 11 is 3.78. The zero-order valence-electron chi connectivity index (χ0n) is 9.54. The van der Waals surface area contributed by atoms with Crippen molar-refractivity contribution in [2.75, 3.05) is 5.75 Å². The van der Waals surface area contributed by atoms with Crippen LogP contribution in [0.3, 0.4) is 0 Å². The second-order valence-electron chi connectivity index (χ2n) is 4.09. The SMILES string of the molecule is Cn1cnnc1SCC1Cc2ccccc2S1. The molecule has 1 aromatic carbocycles. The third-order valence-corrected chi connectivity index (χ3v) is 5.51. The minimum atomic E-state index is 0.661. The number of aryl methyl sites for hydroxylation is 1. The van der Waals surface area contributed by atoms with Crippen LogP contribution >= 0.6 is 23.5 Å². The average Bonchev–Trinajstić information content (AvgIpc) is 2.92. The van der Waals surface area contributed by atoms with Gasteiger partial charge in [-0.25, -0.2) is 0 Å². The third-order valence-electron chi connectivity index (χ3n) is 2.78. The van der Waals surface area contributed by atoms with Gasteiger partial charge in [-0.15, -0.1) is 22.0 Å². The van der Waals surface area contributed by atoms with E-state index in [1.54, 1.807) is 18.1 Å². The van der Waals surface area contributed by atoms with Crippen molar-refractivity contribution in [3.63, 3.8) is 0 Å². The zero-order valence-corrected chi connectivity index (χ0v) is 11.2. The molecular weight excluding hydrogens is 250 g/mol. The molecule has 88 valence electrons. The fraction of sp³-hybridized carbons (Fsp3) is 0.333. The Labute approximate surface area is 109 Å². The van der Waals surface area contributed by atoms with Crippen molar-refractivity contribution in [2.45, 2.75) is 21.7 Å². The number of thioether (sulfide) groups is 2. The molecule has 1 aliphatic heterocycles. The Morgan fingerprint density at radius 3 is 3.12 bits per heavy atom. The molecule has 1 unspecified atom stereocenters. The van der Waals surface area contributed by atoms with Gasteiger partial charge in [-0.1, -0.05) is 30.0 Å². The van der Waals surface area contributed by atoms with Gasteiger partial charge in [-0.05, 0) is 18.1 Å². The van der Waals surface area contributed by atoms with Gasteiger partial charge >= 0.3 is 0 Å². The number of rotatable bonds is 3. The highest BCUT2D eigenvalue weighted by atomic mass is 32.2. The van der Waals surface area contributed by atoms with Crippen LogP contribution in [-0.4, -0.2) is 25.8 Å². The van der Waals surface area contributed by atoms with Gasteiger partial charge in [0.25, 0.3) is 0 Å². The number of hydrogen-bond acceptors (Lipinski definition) is 4. The van der Waals surface area contributed by atoms with E-state index in [1.807, 2.05) is 23.4 Å². The second kappa shape index (κ2) is 4.74. The van der Waals surface area contributed by atoms with Crippen LogP contribution in [0.4, 0.5) is 0 Å². The van der Waals surface area contributed by atoms with Crippen molar-refractivity contribution >= 4 is 23.5 Å². The predicted molar refractivity (Wildman–Crippen MR) is 71.5 cm³/mol. The molecule has 0 fully saturated rings. The summed E-state index contributed by atoms with van der Waals surface area (Å²) in [6.07, 6.45) is 2.92. The Bertz CT molecular complexity index is 499. The van der Waals surface area contributed by atoms with E-state index in [-0.39, 0.29) is 0 Å². The zero-order chi connectivity index (χ0) is 11.7. The summed E-state index contributed by atoms with van der Waals surface area (Å²) in [5.74, 6) is 1.09. The first-order valence-electron chi connectivity index (χ1n) is 5.54. The van der Waals surface area contributed by atoms with Crippen LogP contribution < -0.4 is 0 Å². The predicted octanol–water partition coefficient (Wildman–Crippen LogP) is 2.62. The van der Waals surface area contributed by atoms with Gasteiger partial charge in [-0.2, -0.15) is 0 Å². The maximum Gasteiger partial charge on any atom is 0.190 e. The molecule has 0 radical (unpaired) electrons. The lowest BCUT2D eigenvalue weighted by Gasteiger charge is -2.06. The molecule has 2 aromatic rings. The summed E-state index contributed by atoms with van der Waals surface area (Å²) < 4.78 is 1.97. The topological polar surface area (TPSA) is 30.7 Å². The molecule has 0 aliphatic carbocycles. The van der Waals surface area contributed by atoms with Gasteiger partial charge in [0, 0.05) is 22.9 Å². The second-order valence-corrected chi connectivity index (χ2v) is 6.42. The van der Waals surface area contributed by atoms with E-state index in [2.05, 4.69) is 34.5 Å². The lowest BCUT2D eigenvalue weighted by molar-refractivity contribution is 0.787. The maximum absolute atomic E-state index is 4.09. The molecule has 1 atom stereocenters. The first-order chi connectivity index (χ1) is 8.33. The molecule has 0 bridgehead atoms. The van der Waals surface area contributed by atoms with E-state index >= 15 is 0 Å². The van der Waals surface area contributed by atoms with E-state index in [1.165, 1.54) is 16.9 Å². The van der Waals surface area contributed by atoms with Crippen LogP contribution in [0.1, 0.15) is 5.56 Å². The number of benzene rings is 1. The number of hydrogen-bond donors (Lipinski definition) is 0. The van der Waals surface area contributed by atoms with Crippen molar-refractivity contribution in [1.29, 1.82) is 0 Å². The molecule has 1 aliphatic rings. The van der Waals surface area contributed by atoms with Crippen LogP contribution in [0.15, 0.2) is 40.6 Å². The molecular formula is C12H13N3S2. The molecule has 3 rings (SSSR count). The van der Waals surface area contributed by atoms with E-state index < -0.39 is 0 Å². The highest BCUT2D eigenvalue weighted by Crippen LogP contribution is 2.38. The monoisotopic (exact) mass is 263 g/mol. The smallest absolute Gasteiger partial charge is 0.190 e. The Kier molecular flexibility index (Phi) is 3.11. The summed E-state index contributed by atoms with van der Waals surface area (Å²) in [6, 6.07) is 8.68. The molecule has 2 heterocycles. The standard InChI is InChI=1S/C12H13N3S2/c1-15-8-13-14-12(15)16-7-10-6-9-4-2-3-5-11(9)17-10/h2-5,8,10H,6-7H2,1H3. The number of nitrogens with zero attached hydrogens (tertiary/aromatic N) is 3. The lowest BCUT2D eigenvalue weighted by Crippen LogP contribution is -2.05. The summed E-state index contributed by atoms with van der Waals surface area (Å²) in [4.78, 5) is 1.44. The van der Waals surface area contributed by atoms with Crippen molar-refractivity contribution in [3.05, 3.63) is 36.2 Å². The summed E-state index contributed by atoms with van der Waals surface area (Å²) in [5.41, 5.74) is 1.49. The van der Waals surface area contributed by atoms with Gasteiger partial charge in [0.2, 0.25) is 0 Å². The van der Waals surface area contributed by atoms with Crippen LogP contribution in [0.5, 0.6) is 0 Å². The molecule has 1 aromatic heterocycles. The Hall–Kier alpha value is -0.940. The van der Waals surface area contributed by atoms with Crippen LogP contribution in [0, 0.1) is 0 Å². The van der Waals surface area contributed by atoms with E-state index in [4.69, 9.17) is 0 Å². The van der Waals surface area contributed by atoms with Crippen molar-refractivity contribution in [2.24, 2.45) is 7.05 Å². The number of aromatic nitrogens is 3. The third kappa shape index (κ3) is 2.35. The highest BCUT2D eigenvalue weighted by Gasteiger charge is 2.22. The fourth-order valence-electron chi connectivity index (χ4n) is 1.92. The van der Waals surface area contributed by atoms with Crippen LogP contribution in [0.2, 0.25) is 0 Å². The molecule has 0 spiro atoms. The molecule has 17 heavy (non-hydrogen) atoms. The van der Waals surface area contributed by atoms with Gasteiger partial charge in [-0.3, -0.25) is 0 Å². The maximum atomic E-state index is 4.09. The Morgan fingerprint density at radius 1 is 1.47 bits per heavy atom. The first kappa shape index (κ1) is 11.2. The van der Waals surface area contributed by atoms with Gasteiger partial charge in [0.05, 0.1) is 0 Å².